The lowest BCUT2D eigenvalue weighted by Gasteiger charge is -2.28. The third-order valence-electron chi connectivity index (χ3n) is 4.43. The zero-order valence-corrected chi connectivity index (χ0v) is 11.1. The molecule has 0 bridgehead atoms. The SMILES string of the molecule is NCC1(c2ccc(N3OCCC3=O)cc2)CCCC1. The van der Waals surface area contributed by atoms with Crippen molar-refractivity contribution < 1.29 is 9.63 Å². The Morgan fingerprint density at radius 1 is 1.21 bits per heavy atom. The van der Waals surface area contributed by atoms with Gasteiger partial charge in [-0.25, -0.2) is 0 Å². The van der Waals surface area contributed by atoms with Gasteiger partial charge in [0.15, 0.2) is 0 Å². The molecule has 4 heteroatoms. The summed E-state index contributed by atoms with van der Waals surface area (Å²) in [6, 6.07) is 8.13. The molecule has 102 valence electrons. The van der Waals surface area contributed by atoms with Crippen molar-refractivity contribution in [2.45, 2.75) is 37.5 Å². The van der Waals surface area contributed by atoms with Crippen LogP contribution in [-0.2, 0) is 15.0 Å². The highest BCUT2D eigenvalue weighted by molar-refractivity contribution is 5.92. The van der Waals surface area contributed by atoms with Gasteiger partial charge in [0.1, 0.15) is 0 Å². The van der Waals surface area contributed by atoms with E-state index in [2.05, 4.69) is 12.1 Å². The molecule has 1 saturated carbocycles. The standard InChI is InChI=1S/C15H20N2O2/c16-11-15(8-1-2-9-15)12-3-5-13(6-4-12)17-14(18)7-10-19-17/h3-6H,1-2,7-11,16H2. The van der Waals surface area contributed by atoms with Crippen LogP contribution < -0.4 is 10.8 Å². The van der Waals surface area contributed by atoms with Crippen LogP contribution in [-0.4, -0.2) is 19.1 Å². The molecular weight excluding hydrogens is 240 g/mol. The topological polar surface area (TPSA) is 55.6 Å². The van der Waals surface area contributed by atoms with Gasteiger partial charge in [-0.15, -0.1) is 0 Å². The number of benzene rings is 1. The highest BCUT2D eigenvalue weighted by Crippen LogP contribution is 2.40. The van der Waals surface area contributed by atoms with E-state index in [0.29, 0.717) is 19.6 Å². The van der Waals surface area contributed by atoms with Crippen molar-refractivity contribution in [1.82, 2.24) is 0 Å². The molecule has 0 aromatic heterocycles. The number of rotatable bonds is 3. The summed E-state index contributed by atoms with van der Waals surface area (Å²) < 4.78 is 0. The van der Waals surface area contributed by atoms with E-state index >= 15 is 0 Å². The van der Waals surface area contributed by atoms with E-state index in [9.17, 15) is 4.79 Å². The molecule has 1 amide bonds. The molecule has 4 nitrogen and oxygen atoms in total. The summed E-state index contributed by atoms with van der Waals surface area (Å²) in [6.45, 7) is 1.18. The highest BCUT2D eigenvalue weighted by atomic mass is 16.7. The average molecular weight is 260 g/mol. The molecule has 3 rings (SSSR count). The first kappa shape index (κ1) is 12.6. The van der Waals surface area contributed by atoms with Gasteiger partial charge in [0, 0.05) is 12.0 Å². The fraction of sp³-hybridized carbons (Fsp3) is 0.533. The normalized spacial score (nSPS) is 22.2. The molecule has 0 spiro atoms. The zero-order valence-electron chi connectivity index (χ0n) is 11.1. The van der Waals surface area contributed by atoms with Crippen LogP contribution in [0.4, 0.5) is 5.69 Å². The monoisotopic (exact) mass is 260 g/mol. The van der Waals surface area contributed by atoms with Crippen molar-refractivity contribution in [3.8, 4) is 0 Å². The highest BCUT2D eigenvalue weighted by Gasteiger charge is 2.34. The second kappa shape index (κ2) is 4.94. The Balaban J connectivity index is 1.84. The summed E-state index contributed by atoms with van der Waals surface area (Å²) in [5, 5.41) is 1.40. The van der Waals surface area contributed by atoms with Crippen molar-refractivity contribution in [1.29, 1.82) is 0 Å². The zero-order chi connectivity index (χ0) is 13.3. The number of nitrogens with zero attached hydrogens (tertiary/aromatic N) is 1. The van der Waals surface area contributed by atoms with E-state index < -0.39 is 0 Å². The summed E-state index contributed by atoms with van der Waals surface area (Å²) in [5.41, 5.74) is 8.25. The third kappa shape index (κ3) is 2.15. The maximum absolute atomic E-state index is 11.6. The van der Waals surface area contributed by atoms with E-state index in [-0.39, 0.29) is 11.3 Å². The predicted molar refractivity (Wildman–Crippen MR) is 73.7 cm³/mol. The molecule has 0 unspecified atom stereocenters. The van der Waals surface area contributed by atoms with E-state index in [4.69, 9.17) is 10.6 Å². The van der Waals surface area contributed by atoms with E-state index in [1.807, 2.05) is 12.1 Å². The Kier molecular flexibility index (Phi) is 3.29. The van der Waals surface area contributed by atoms with Gasteiger partial charge >= 0.3 is 0 Å². The number of carbonyl (C=O) groups excluding carboxylic acids is 1. The number of nitrogens with two attached hydrogens (primary N) is 1. The minimum absolute atomic E-state index is 0.0298. The first-order valence-electron chi connectivity index (χ1n) is 7.02. The van der Waals surface area contributed by atoms with Crippen LogP contribution in [0.25, 0.3) is 0 Å². The lowest BCUT2D eigenvalue weighted by Crippen LogP contribution is -2.32. The van der Waals surface area contributed by atoms with Crippen LogP contribution in [0.15, 0.2) is 24.3 Å². The molecule has 1 aromatic rings. The van der Waals surface area contributed by atoms with Crippen molar-refractivity contribution in [2.24, 2.45) is 5.73 Å². The van der Waals surface area contributed by atoms with Crippen LogP contribution in [0.2, 0.25) is 0 Å². The Bertz CT molecular complexity index is 464. The lowest BCUT2D eigenvalue weighted by molar-refractivity contribution is -0.119. The minimum Gasteiger partial charge on any atom is -0.330 e. The maximum Gasteiger partial charge on any atom is 0.253 e. The molecule has 1 saturated heterocycles. The van der Waals surface area contributed by atoms with E-state index in [1.165, 1.54) is 36.3 Å². The van der Waals surface area contributed by atoms with Gasteiger partial charge in [0.25, 0.3) is 5.91 Å². The van der Waals surface area contributed by atoms with E-state index in [1.54, 1.807) is 0 Å². The van der Waals surface area contributed by atoms with Crippen LogP contribution >= 0.6 is 0 Å². The summed E-state index contributed by atoms with van der Waals surface area (Å²) in [4.78, 5) is 16.9. The minimum atomic E-state index is 0.0298. The number of anilines is 1. The molecule has 2 aliphatic rings. The fourth-order valence-corrected chi connectivity index (χ4v) is 3.23. The molecule has 0 radical (unpaired) electrons. The van der Waals surface area contributed by atoms with Gasteiger partial charge < -0.3 is 5.73 Å². The Hall–Kier alpha value is -1.39. The molecule has 1 aliphatic heterocycles. The molecule has 2 fully saturated rings. The van der Waals surface area contributed by atoms with E-state index in [0.717, 1.165) is 5.69 Å². The number of hydroxylamine groups is 1. The lowest BCUT2D eigenvalue weighted by atomic mass is 9.79. The molecule has 19 heavy (non-hydrogen) atoms. The van der Waals surface area contributed by atoms with Crippen molar-refractivity contribution in [3.05, 3.63) is 29.8 Å². The molecule has 1 aliphatic carbocycles. The number of carbonyl (C=O) groups is 1. The Morgan fingerprint density at radius 2 is 1.89 bits per heavy atom. The molecule has 1 heterocycles. The van der Waals surface area contributed by atoms with Gasteiger partial charge in [0.2, 0.25) is 0 Å². The van der Waals surface area contributed by atoms with Crippen LogP contribution in [0.3, 0.4) is 0 Å². The van der Waals surface area contributed by atoms with Crippen LogP contribution in [0, 0.1) is 0 Å². The first-order valence-corrected chi connectivity index (χ1v) is 7.02. The fourth-order valence-electron chi connectivity index (χ4n) is 3.23. The summed E-state index contributed by atoms with van der Waals surface area (Å²) in [7, 11) is 0. The van der Waals surface area contributed by atoms with Crippen LogP contribution in [0.5, 0.6) is 0 Å². The van der Waals surface area contributed by atoms with Gasteiger partial charge in [-0.2, -0.15) is 5.06 Å². The molecular formula is C15H20N2O2. The molecule has 0 atom stereocenters. The van der Waals surface area contributed by atoms with Gasteiger partial charge in [0.05, 0.1) is 18.7 Å². The molecule has 1 aromatic carbocycles. The maximum atomic E-state index is 11.6. The number of hydrogen-bond donors (Lipinski definition) is 1. The second-order valence-corrected chi connectivity index (χ2v) is 5.51. The number of hydrogen-bond acceptors (Lipinski definition) is 3. The summed E-state index contributed by atoms with van der Waals surface area (Å²) >= 11 is 0. The Labute approximate surface area is 113 Å². The predicted octanol–water partition coefficient (Wildman–Crippen LogP) is 2.13. The van der Waals surface area contributed by atoms with Gasteiger partial charge in [-0.1, -0.05) is 25.0 Å². The molecule has 2 N–H and O–H groups in total. The average Bonchev–Trinajstić information content (AvgIpc) is 3.08. The largest absolute Gasteiger partial charge is 0.330 e. The summed E-state index contributed by atoms with van der Waals surface area (Å²) in [6.07, 6.45) is 5.32. The van der Waals surface area contributed by atoms with Crippen LogP contribution in [0.1, 0.15) is 37.7 Å². The van der Waals surface area contributed by atoms with Crippen molar-refractivity contribution in [2.75, 3.05) is 18.2 Å². The van der Waals surface area contributed by atoms with Gasteiger partial charge in [-0.3, -0.25) is 9.63 Å². The van der Waals surface area contributed by atoms with Crippen molar-refractivity contribution in [3.63, 3.8) is 0 Å². The Morgan fingerprint density at radius 3 is 2.42 bits per heavy atom. The first-order chi connectivity index (χ1) is 9.25. The van der Waals surface area contributed by atoms with Crippen molar-refractivity contribution >= 4 is 11.6 Å². The smallest absolute Gasteiger partial charge is 0.253 e. The summed E-state index contributed by atoms with van der Waals surface area (Å²) in [5.74, 6) is 0.0298. The second-order valence-electron chi connectivity index (χ2n) is 5.51. The number of amides is 1. The van der Waals surface area contributed by atoms with Gasteiger partial charge in [-0.05, 0) is 30.5 Å². The third-order valence-corrected chi connectivity index (χ3v) is 4.43. The quantitative estimate of drug-likeness (QED) is 0.905.